The standard InChI is InChI=1S/C17H19N3O3/c1-12-2-4-15(14(10-12)17(21)22)19-13-3-5-16(18-11-13)20-6-8-23-9-7-20/h2-5,10-11,19H,6-9H2,1H3,(H,21,22). The zero-order valence-corrected chi connectivity index (χ0v) is 13.0. The van der Waals surface area contributed by atoms with Crippen LogP contribution >= 0.6 is 0 Å². The van der Waals surface area contributed by atoms with Gasteiger partial charge in [-0.2, -0.15) is 0 Å². The average molecular weight is 313 g/mol. The Morgan fingerprint density at radius 3 is 2.70 bits per heavy atom. The summed E-state index contributed by atoms with van der Waals surface area (Å²) in [5, 5.41) is 12.4. The maximum absolute atomic E-state index is 11.4. The van der Waals surface area contributed by atoms with Gasteiger partial charge in [0, 0.05) is 13.1 Å². The number of ether oxygens (including phenoxy) is 1. The summed E-state index contributed by atoms with van der Waals surface area (Å²) in [6.07, 6.45) is 1.72. The van der Waals surface area contributed by atoms with Crippen LogP contribution in [0.4, 0.5) is 17.2 Å². The van der Waals surface area contributed by atoms with Crippen molar-refractivity contribution in [1.82, 2.24) is 4.98 Å². The van der Waals surface area contributed by atoms with Crippen LogP contribution in [-0.2, 0) is 4.74 Å². The Balaban J connectivity index is 1.77. The summed E-state index contributed by atoms with van der Waals surface area (Å²) in [7, 11) is 0. The lowest BCUT2D eigenvalue weighted by Crippen LogP contribution is -2.36. The van der Waals surface area contributed by atoms with E-state index in [0.29, 0.717) is 18.9 Å². The van der Waals surface area contributed by atoms with Gasteiger partial charge >= 0.3 is 5.97 Å². The van der Waals surface area contributed by atoms with Crippen LogP contribution in [0.1, 0.15) is 15.9 Å². The number of aryl methyl sites for hydroxylation is 1. The maximum atomic E-state index is 11.4. The van der Waals surface area contributed by atoms with Gasteiger partial charge in [-0.05, 0) is 31.2 Å². The van der Waals surface area contributed by atoms with Gasteiger partial charge < -0.3 is 20.1 Å². The molecule has 2 heterocycles. The Kier molecular flexibility index (Phi) is 4.43. The third-order valence-electron chi connectivity index (χ3n) is 3.77. The minimum absolute atomic E-state index is 0.252. The lowest BCUT2D eigenvalue weighted by Gasteiger charge is -2.27. The van der Waals surface area contributed by atoms with Crippen molar-refractivity contribution in [1.29, 1.82) is 0 Å². The number of pyridine rings is 1. The molecule has 1 fully saturated rings. The first-order chi connectivity index (χ1) is 11.1. The van der Waals surface area contributed by atoms with Crippen LogP contribution in [0, 0.1) is 6.92 Å². The largest absolute Gasteiger partial charge is 0.478 e. The van der Waals surface area contributed by atoms with Crippen molar-refractivity contribution in [2.45, 2.75) is 6.92 Å². The fourth-order valence-corrected chi connectivity index (χ4v) is 2.54. The zero-order chi connectivity index (χ0) is 16.2. The lowest BCUT2D eigenvalue weighted by molar-refractivity contribution is 0.0698. The summed E-state index contributed by atoms with van der Waals surface area (Å²) >= 11 is 0. The van der Waals surface area contributed by atoms with E-state index in [1.165, 1.54) is 0 Å². The Morgan fingerprint density at radius 2 is 2.04 bits per heavy atom. The molecule has 0 aliphatic carbocycles. The van der Waals surface area contributed by atoms with Crippen molar-refractivity contribution in [3.05, 3.63) is 47.7 Å². The molecular formula is C17H19N3O3. The van der Waals surface area contributed by atoms with Gasteiger partial charge in [0.2, 0.25) is 0 Å². The van der Waals surface area contributed by atoms with Gasteiger partial charge in [-0.3, -0.25) is 0 Å². The first-order valence-corrected chi connectivity index (χ1v) is 7.53. The molecule has 6 heteroatoms. The van der Waals surface area contributed by atoms with Crippen molar-refractivity contribution in [3.63, 3.8) is 0 Å². The molecule has 6 nitrogen and oxygen atoms in total. The van der Waals surface area contributed by atoms with Crippen molar-refractivity contribution in [3.8, 4) is 0 Å². The van der Waals surface area contributed by atoms with E-state index in [-0.39, 0.29) is 5.56 Å². The van der Waals surface area contributed by atoms with Crippen LogP contribution in [0.5, 0.6) is 0 Å². The Bertz CT molecular complexity index is 695. The topological polar surface area (TPSA) is 74.7 Å². The summed E-state index contributed by atoms with van der Waals surface area (Å²) in [6, 6.07) is 9.14. The number of nitrogens with zero attached hydrogens (tertiary/aromatic N) is 2. The van der Waals surface area contributed by atoms with Crippen molar-refractivity contribution >= 4 is 23.2 Å². The van der Waals surface area contributed by atoms with E-state index in [2.05, 4.69) is 15.2 Å². The first-order valence-electron chi connectivity index (χ1n) is 7.53. The van der Waals surface area contributed by atoms with E-state index in [9.17, 15) is 9.90 Å². The molecular weight excluding hydrogens is 294 g/mol. The van der Waals surface area contributed by atoms with Gasteiger partial charge in [0.1, 0.15) is 5.82 Å². The van der Waals surface area contributed by atoms with Crippen molar-refractivity contribution in [2.24, 2.45) is 0 Å². The Morgan fingerprint density at radius 1 is 1.26 bits per heavy atom. The van der Waals surface area contributed by atoms with Crippen LogP contribution in [0.2, 0.25) is 0 Å². The minimum atomic E-state index is -0.950. The lowest BCUT2D eigenvalue weighted by atomic mass is 10.1. The highest BCUT2D eigenvalue weighted by atomic mass is 16.5. The fraction of sp³-hybridized carbons (Fsp3) is 0.294. The summed E-state index contributed by atoms with van der Waals surface area (Å²) in [5.41, 5.74) is 2.48. The van der Waals surface area contributed by atoms with Crippen LogP contribution in [0.25, 0.3) is 0 Å². The molecule has 1 aromatic heterocycles. The number of aromatic carboxylic acids is 1. The molecule has 1 aliphatic rings. The number of carboxylic acid groups (broad SMARTS) is 1. The van der Waals surface area contributed by atoms with E-state index in [0.717, 1.165) is 30.2 Å². The van der Waals surface area contributed by atoms with Crippen LogP contribution in [0.3, 0.4) is 0 Å². The predicted molar refractivity (Wildman–Crippen MR) is 88.7 cm³/mol. The quantitative estimate of drug-likeness (QED) is 0.904. The van der Waals surface area contributed by atoms with Gasteiger partial charge in [-0.15, -0.1) is 0 Å². The summed E-state index contributed by atoms with van der Waals surface area (Å²) in [5.74, 6) is -0.0460. The van der Waals surface area contributed by atoms with Gasteiger partial charge in [0.15, 0.2) is 0 Å². The molecule has 0 atom stereocenters. The SMILES string of the molecule is Cc1ccc(Nc2ccc(N3CCOCC3)nc2)c(C(=O)O)c1. The monoisotopic (exact) mass is 313 g/mol. The van der Waals surface area contributed by atoms with Crippen LogP contribution < -0.4 is 10.2 Å². The molecule has 0 spiro atoms. The Hall–Kier alpha value is -2.60. The number of carbonyl (C=O) groups is 1. The van der Waals surface area contributed by atoms with Crippen LogP contribution in [-0.4, -0.2) is 42.4 Å². The molecule has 0 bridgehead atoms. The fourth-order valence-electron chi connectivity index (χ4n) is 2.54. The number of hydrogen-bond donors (Lipinski definition) is 2. The molecule has 2 aromatic rings. The van der Waals surface area contributed by atoms with E-state index in [1.807, 2.05) is 25.1 Å². The molecule has 0 saturated carbocycles. The van der Waals surface area contributed by atoms with Crippen LogP contribution in [0.15, 0.2) is 36.5 Å². The normalized spacial score (nSPS) is 14.6. The highest BCUT2D eigenvalue weighted by Crippen LogP contribution is 2.23. The molecule has 120 valence electrons. The summed E-state index contributed by atoms with van der Waals surface area (Å²) in [4.78, 5) is 18.0. The van der Waals surface area contributed by atoms with E-state index in [4.69, 9.17) is 4.74 Å². The third kappa shape index (κ3) is 3.60. The summed E-state index contributed by atoms with van der Waals surface area (Å²) < 4.78 is 5.33. The number of anilines is 3. The van der Waals surface area contributed by atoms with Crippen molar-refractivity contribution in [2.75, 3.05) is 36.5 Å². The Labute approximate surface area is 134 Å². The van der Waals surface area contributed by atoms with Gasteiger partial charge in [0.05, 0.1) is 36.3 Å². The number of nitrogens with one attached hydrogen (secondary N) is 1. The number of benzene rings is 1. The number of rotatable bonds is 4. The molecule has 0 amide bonds. The summed E-state index contributed by atoms with van der Waals surface area (Å²) in [6.45, 7) is 4.97. The minimum Gasteiger partial charge on any atom is -0.478 e. The molecule has 23 heavy (non-hydrogen) atoms. The number of aromatic nitrogens is 1. The van der Waals surface area contributed by atoms with Crippen molar-refractivity contribution < 1.29 is 14.6 Å². The molecule has 1 aliphatic heterocycles. The zero-order valence-electron chi connectivity index (χ0n) is 13.0. The molecule has 0 radical (unpaired) electrons. The number of hydrogen-bond acceptors (Lipinski definition) is 5. The molecule has 2 N–H and O–H groups in total. The van der Waals surface area contributed by atoms with Gasteiger partial charge in [-0.1, -0.05) is 11.6 Å². The second kappa shape index (κ2) is 6.66. The average Bonchev–Trinajstić information content (AvgIpc) is 2.58. The van der Waals surface area contributed by atoms with E-state index in [1.54, 1.807) is 18.3 Å². The number of carboxylic acids is 1. The third-order valence-corrected chi connectivity index (χ3v) is 3.77. The number of morpholine rings is 1. The first kappa shape index (κ1) is 15.3. The highest BCUT2D eigenvalue weighted by Gasteiger charge is 2.13. The smallest absolute Gasteiger partial charge is 0.337 e. The predicted octanol–water partition coefficient (Wildman–Crippen LogP) is 2.67. The highest BCUT2D eigenvalue weighted by molar-refractivity contribution is 5.95. The van der Waals surface area contributed by atoms with Gasteiger partial charge in [-0.25, -0.2) is 9.78 Å². The molecule has 1 aromatic carbocycles. The molecule has 3 rings (SSSR count). The second-order valence-electron chi connectivity index (χ2n) is 5.48. The molecule has 0 unspecified atom stereocenters. The van der Waals surface area contributed by atoms with E-state index >= 15 is 0 Å². The second-order valence-corrected chi connectivity index (χ2v) is 5.48. The molecule has 1 saturated heterocycles. The van der Waals surface area contributed by atoms with E-state index < -0.39 is 5.97 Å². The van der Waals surface area contributed by atoms with Gasteiger partial charge in [0.25, 0.3) is 0 Å². The maximum Gasteiger partial charge on any atom is 0.337 e.